The molecule has 0 aliphatic rings. The summed E-state index contributed by atoms with van der Waals surface area (Å²) in [4.78, 5) is 0. The molecular formula is C9H18O2. The Morgan fingerprint density at radius 1 is 1.55 bits per heavy atom. The van der Waals surface area contributed by atoms with Gasteiger partial charge < -0.3 is 10.2 Å². The van der Waals surface area contributed by atoms with E-state index in [4.69, 9.17) is 0 Å². The lowest BCUT2D eigenvalue weighted by Gasteiger charge is -2.28. The van der Waals surface area contributed by atoms with Crippen LogP contribution < -0.4 is 0 Å². The molecule has 2 unspecified atom stereocenters. The fourth-order valence-electron chi connectivity index (χ4n) is 0.932. The highest BCUT2D eigenvalue weighted by Crippen LogP contribution is 2.20. The molecule has 0 radical (unpaired) electrons. The molecule has 0 heterocycles. The minimum Gasteiger partial charge on any atom is -0.390 e. The molecule has 0 saturated heterocycles. The number of aliphatic hydroxyl groups is 2. The van der Waals surface area contributed by atoms with Gasteiger partial charge in [0, 0.05) is 0 Å². The van der Waals surface area contributed by atoms with Crippen molar-refractivity contribution in [3.63, 3.8) is 0 Å². The SMILES string of the molecule is CC=CCC(O)(CC)C(C)O. The Bertz CT molecular complexity index is 130. The van der Waals surface area contributed by atoms with Gasteiger partial charge >= 0.3 is 0 Å². The Morgan fingerprint density at radius 2 is 2.09 bits per heavy atom. The van der Waals surface area contributed by atoms with Gasteiger partial charge in [0.1, 0.15) is 0 Å². The van der Waals surface area contributed by atoms with Crippen molar-refractivity contribution in [2.75, 3.05) is 0 Å². The van der Waals surface area contributed by atoms with Gasteiger partial charge in [-0.15, -0.1) is 0 Å². The molecule has 2 N–H and O–H groups in total. The summed E-state index contributed by atoms with van der Waals surface area (Å²) in [5.74, 6) is 0. The third-order valence-electron chi connectivity index (χ3n) is 2.10. The number of hydrogen-bond acceptors (Lipinski definition) is 2. The maximum Gasteiger partial charge on any atom is 0.0934 e. The Hall–Kier alpha value is -0.340. The molecule has 0 aromatic carbocycles. The number of hydrogen-bond donors (Lipinski definition) is 2. The van der Waals surface area contributed by atoms with E-state index >= 15 is 0 Å². The summed E-state index contributed by atoms with van der Waals surface area (Å²) in [6.07, 6.45) is 4.19. The van der Waals surface area contributed by atoms with Crippen molar-refractivity contribution < 1.29 is 10.2 Å². The first kappa shape index (κ1) is 10.7. The smallest absolute Gasteiger partial charge is 0.0934 e. The van der Waals surface area contributed by atoms with E-state index in [9.17, 15) is 10.2 Å². The van der Waals surface area contributed by atoms with E-state index in [1.54, 1.807) is 6.92 Å². The van der Waals surface area contributed by atoms with E-state index in [2.05, 4.69) is 0 Å². The number of allylic oxidation sites excluding steroid dienone is 1. The van der Waals surface area contributed by atoms with Gasteiger partial charge in [-0.25, -0.2) is 0 Å². The highest BCUT2D eigenvalue weighted by Gasteiger charge is 2.28. The van der Waals surface area contributed by atoms with Gasteiger partial charge in [-0.1, -0.05) is 19.1 Å². The van der Waals surface area contributed by atoms with Crippen molar-refractivity contribution in [3.8, 4) is 0 Å². The van der Waals surface area contributed by atoms with Crippen LogP contribution in [0.3, 0.4) is 0 Å². The lowest BCUT2D eigenvalue weighted by Crippen LogP contribution is -2.39. The van der Waals surface area contributed by atoms with E-state index in [-0.39, 0.29) is 0 Å². The van der Waals surface area contributed by atoms with Crippen molar-refractivity contribution in [3.05, 3.63) is 12.2 Å². The van der Waals surface area contributed by atoms with Crippen molar-refractivity contribution >= 4 is 0 Å². The summed E-state index contributed by atoms with van der Waals surface area (Å²) < 4.78 is 0. The van der Waals surface area contributed by atoms with Gasteiger partial charge in [0.25, 0.3) is 0 Å². The summed E-state index contributed by atoms with van der Waals surface area (Å²) in [6.45, 7) is 5.39. The molecule has 2 atom stereocenters. The standard InChI is InChI=1S/C9H18O2/c1-4-6-7-9(11,5-2)8(3)10/h4,6,8,10-11H,5,7H2,1-3H3. The molecule has 0 rings (SSSR count). The van der Waals surface area contributed by atoms with Crippen LogP contribution in [0.5, 0.6) is 0 Å². The first-order valence-electron chi connectivity index (χ1n) is 4.08. The third-order valence-corrected chi connectivity index (χ3v) is 2.10. The minimum atomic E-state index is -0.938. The Labute approximate surface area is 68.6 Å². The zero-order chi connectivity index (χ0) is 8.91. The monoisotopic (exact) mass is 158 g/mol. The molecule has 0 fully saturated rings. The molecule has 0 saturated carbocycles. The molecule has 0 aromatic heterocycles. The first-order valence-corrected chi connectivity index (χ1v) is 4.08. The van der Waals surface area contributed by atoms with E-state index < -0.39 is 11.7 Å². The molecule has 0 bridgehead atoms. The molecule has 0 aromatic rings. The summed E-state index contributed by atoms with van der Waals surface area (Å²) >= 11 is 0. The van der Waals surface area contributed by atoms with Crippen molar-refractivity contribution in [1.82, 2.24) is 0 Å². The van der Waals surface area contributed by atoms with Gasteiger partial charge in [-0.3, -0.25) is 0 Å². The molecule has 66 valence electrons. The summed E-state index contributed by atoms with van der Waals surface area (Å²) in [5, 5.41) is 18.9. The Morgan fingerprint density at radius 3 is 2.36 bits per heavy atom. The lowest BCUT2D eigenvalue weighted by molar-refractivity contribution is -0.0660. The van der Waals surface area contributed by atoms with Crippen molar-refractivity contribution in [2.24, 2.45) is 0 Å². The summed E-state index contributed by atoms with van der Waals surface area (Å²) in [6, 6.07) is 0. The minimum absolute atomic E-state index is 0.525. The van der Waals surface area contributed by atoms with Crippen LogP contribution in [0.2, 0.25) is 0 Å². The zero-order valence-electron chi connectivity index (χ0n) is 7.54. The average molecular weight is 158 g/mol. The normalized spacial score (nSPS) is 20.1. The second kappa shape index (κ2) is 4.52. The molecule has 2 nitrogen and oxygen atoms in total. The third kappa shape index (κ3) is 3.04. The molecule has 0 amide bonds. The van der Waals surface area contributed by atoms with Crippen LogP contribution in [0.15, 0.2) is 12.2 Å². The highest BCUT2D eigenvalue weighted by molar-refractivity contribution is 4.92. The van der Waals surface area contributed by atoms with Gasteiger partial charge in [-0.05, 0) is 26.7 Å². The summed E-state index contributed by atoms with van der Waals surface area (Å²) in [7, 11) is 0. The quantitative estimate of drug-likeness (QED) is 0.608. The van der Waals surface area contributed by atoms with Crippen molar-refractivity contribution in [2.45, 2.75) is 45.3 Å². The lowest BCUT2D eigenvalue weighted by atomic mass is 9.91. The second-order valence-electron chi connectivity index (χ2n) is 2.91. The fraction of sp³-hybridized carbons (Fsp3) is 0.778. The highest BCUT2D eigenvalue weighted by atomic mass is 16.3. The maximum absolute atomic E-state index is 9.73. The first-order chi connectivity index (χ1) is 5.06. The molecule has 0 aliphatic carbocycles. The molecular weight excluding hydrogens is 140 g/mol. The molecule has 2 heteroatoms. The zero-order valence-corrected chi connectivity index (χ0v) is 7.54. The van der Waals surface area contributed by atoms with E-state index in [1.165, 1.54) is 0 Å². The number of aliphatic hydroxyl groups excluding tert-OH is 1. The predicted octanol–water partition coefficient (Wildman–Crippen LogP) is 1.47. The van der Waals surface area contributed by atoms with Crippen LogP contribution in [-0.4, -0.2) is 21.9 Å². The Kier molecular flexibility index (Phi) is 4.38. The predicted molar refractivity (Wildman–Crippen MR) is 46.4 cm³/mol. The summed E-state index contributed by atoms with van der Waals surface area (Å²) in [5.41, 5.74) is -0.938. The van der Waals surface area contributed by atoms with Crippen LogP contribution in [0, 0.1) is 0 Å². The topological polar surface area (TPSA) is 40.5 Å². The largest absolute Gasteiger partial charge is 0.390 e. The van der Waals surface area contributed by atoms with Gasteiger partial charge in [0.05, 0.1) is 11.7 Å². The fourth-order valence-corrected chi connectivity index (χ4v) is 0.932. The Balaban J connectivity index is 4.10. The van der Waals surface area contributed by atoms with Crippen LogP contribution >= 0.6 is 0 Å². The van der Waals surface area contributed by atoms with E-state index in [0.29, 0.717) is 12.8 Å². The van der Waals surface area contributed by atoms with E-state index in [0.717, 1.165) is 0 Å². The number of rotatable bonds is 4. The van der Waals surface area contributed by atoms with Crippen molar-refractivity contribution in [1.29, 1.82) is 0 Å². The van der Waals surface area contributed by atoms with Crippen LogP contribution in [0.25, 0.3) is 0 Å². The molecule has 11 heavy (non-hydrogen) atoms. The maximum atomic E-state index is 9.73. The van der Waals surface area contributed by atoms with E-state index in [1.807, 2.05) is 26.0 Å². The van der Waals surface area contributed by atoms with Crippen LogP contribution in [-0.2, 0) is 0 Å². The van der Waals surface area contributed by atoms with Gasteiger partial charge in [0.2, 0.25) is 0 Å². The molecule has 0 aliphatic heterocycles. The van der Waals surface area contributed by atoms with Gasteiger partial charge in [0.15, 0.2) is 0 Å². The molecule has 0 spiro atoms. The van der Waals surface area contributed by atoms with Crippen LogP contribution in [0.1, 0.15) is 33.6 Å². The van der Waals surface area contributed by atoms with Gasteiger partial charge in [-0.2, -0.15) is 0 Å². The second-order valence-corrected chi connectivity index (χ2v) is 2.91. The average Bonchev–Trinajstić information content (AvgIpc) is 2.00. The van der Waals surface area contributed by atoms with Crippen LogP contribution in [0.4, 0.5) is 0 Å².